The minimum Gasteiger partial charge on any atom is -0.258 e. The Hall–Kier alpha value is -0.240. The van der Waals surface area contributed by atoms with E-state index in [1.165, 1.54) is 0 Å². The maximum absolute atomic E-state index is 7.00. The van der Waals surface area contributed by atoms with Gasteiger partial charge in [0.15, 0.2) is 0 Å². The maximum atomic E-state index is 7.00. The summed E-state index contributed by atoms with van der Waals surface area (Å²) in [6.07, 6.45) is 1.71. The first kappa shape index (κ1) is 9.85. The van der Waals surface area contributed by atoms with E-state index in [0.717, 1.165) is 18.4 Å². The zero-order valence-corrected chi connectivity index (χ0v) is 8.12. The molecular formula is C9H10Cl2N. The van der Waals surface area contributed by atoms with Crippen molar-refractivity contribution in [1.29, 1.82) is 0 Å². The van der Waals surface area contributed by atoms with Gasteiger partial charge in [0.2, 0.25) is 0 Å². The molecule has 65 valence electrons. The Kier molecular flexibility index (Phi) is 3.86. The lowest BCUT2D eigenvalue weighted by atomic mass is 10.1. The Morgan fingerprint density at radius 2 is 2.00 bits per heavy atom. The Balaban J connectivity index is 2.72. The van der Waals surface area contributed by atoms with E-state index in [1.54, 1.807) is 6.07 Å². The van der Waals surface area contributed by atoms with Crippen LogP contribution in [-0.4, -0.2) is 6.54 Å². The third kappa shape index (κ3) is 2.67. The van der Waals surface area contributed by atoms with Gasteiger partial charge in [0.25, 0.3) is 0 Å². The summed E-state index contributed by atoms with van der Waals surface area (Å²) in [7, 11) is 0. The highest BCUT2D eigenvalue weighted by atomic mass is 35.5. The van der Waals surface area contributed by atoms with Gasteiger partial charge in [0.1, 0.15) is 0 Å². The van der Waals surface area contributed by atoms with Crippen molar-refractivity contribution in [3.05, 3.63) is 33.8 Å². The molecule has 1 N–H and O–H groups in total. The van der Waals surface area contributed by atoms with Gasteiger partial charge in [-0.2, -0.15) is 0 Å². The third-order valence-electron chi connectivity index (χ3n) is 1.64. The SMILES string of the molecule is [NH]CCCc1ccc(Cl)cc1Cl. The lowest BCUT2D eigenvalue weighted by molar-refractivity contribution is 0.817. The first-order valence-electron chi connectivity index (χ1n) is 3.82. The molecule has 0 aliphatic heterocycles. The number of hydrogen-bond donors (Lipinski definition) is 0. The molecule has 1 aromatic carbocycles. The van der Waals surface area contributed by atoms with Crippen LogP contribution in [0.4, 0.5) is 0 Å². The molecule has 1 radical (unpaired) electrons. The molecule has 0 unspecified atom stereocenters. The van der Waals surface area contributed by atoms with Crippen LogP contribution in [0.1, 0.15) is 12.0 Å². The van der Waals surface area contributed by atoms with Crippen molar-refractivity contribution in [2.45, 2.75) is 12.8 Å². The van der Waals surface area contributed by atoms with E-state index in [4.69, 9.17) is 28.9 Å². The molecule has 0 heterocycles. The molecule has 1 rings (SSSR count). The van der Waals surface area contributed by atoms with Crippen LogP contribution < -0.4 is 5.73 Å². The molecule has 0 saturated carbocycles. The minimum absolute atomic E-state index is 0.443. The fraction of sp³-hybridized carbons (Fsp3) is 0.333. The van der Waals surface area contributed by atoms with E-state index in [0.29, 0.717) is 16.6 Å². The quantitative estimate of drug-likeness (QED) is 0.720. The molecule has 12 heavy (non-hydrogen) atoms. The number of halogens is 2. The van der Waals surface area contributed by atoms with Crippen molar-refractivity contribution in [2.24, 2.45) is 0 Å². The molecule has 0 fully saturated rings. The van der Waals surface area contributed by atoms with Crippen LogP contribution in [0.2, 0.25) is 10.0 Å². The van der Waals surface area contributed by atoms with Crippen molar-refractivity contribution in [3.63, 3.8) is 0 Å². The summed E-state index contributed by atoms with van der Waals surface area (Å²) in [5.74, 6) is 0. The average molecular weight is 203 g/mol. The topological polar surface area (TPSA) is 23.8 Å². The standard InChI is InChI=1S/C9H10Cl2N/c10-8-4-3-7(2-1-5-12)9(11)6-8/h3-4,6,12H,1-2,5H2. The number of rotatable bonds is 3. The summed E-state index contributed by atoms with van der Waals surface area (Å²) in [5, 5.41) is 1.37. The molecule has 0 aliphatic rings. The molecule has 1 nitrogen and oxygen atoms in total. The largest absolute Gasteiger partial charge is 0.258 e. The summed E-state index contributed by atoms with van der Waals surface area (Å²) in [6.45, 7) is 0.443. The highest BCUT2D eigenvalue weighted by molar-refractivity contribution is 6.35. The summed E-state index contributed by atoms with van der Waals surface area (Å²) < 4.78 is 0. The number of aryl methyl sites for hydroxylation is 1. The van der Waals surface area contributed by atoms with Crippen LogP contribution in [-0.2, 0) is 6.42 Å². The summed E-state index contributed by atoms with van der Waals surface area (Å²) >= 11 is 11.6. The Labute approximate surface area is 82.5 Å². The van der Waals surface area contributed by atoms with Gasteiger partial charge in [-0.1, -0.05) is 29.3 Å². The van der Waals surface area contributed by atoms with Gasteiger partial charge in [0.05, 0.1) is 0 Å². The number of benzene rings is 1. The molecule has 0 bridgehead atoms. The molecule has 0 amide bonds. The summed E-state index contributed by atoms with van der Waals surface area (Å²) in [5.41, 5.74) is 8.07. The van der Waals surface area contributed by atoms with Crippen LogP contribution in [0.5, 0.6) is 0 Å². The molecule has 0 saturated heterocycles. The first-order chi connectivity index (χ1) is 5.74. The second-order valence-electron chi connectivity index (χ2n) is 2.59. The maximum Gasteiger partial charge on any atom is 0.0452 e. The number of nitrogens with one attached hydrogen (secondary N) is 1. The molecular weight excluding hydrogens is 193 g/mol. The highest BCUT2D eigenvalue weighted by Gasteiger charge is 1.99. The lowest BCUT2D eigenvalue weighted by Crippen LogP contribution is -1.91. The van der Waals surface area contributed by atoms with Crippen molar-refractivity contribution >= 4 is 23.2 Å². The molecule has 0 atom stereocenters. The van der Waals surface area contributed by atoms with Gasteiger partial charge in [-0.3, -0.25) is 5.73 Å². The lowest BCUT2D eigenvalue weighted by Gasteiger charge is -2.02. The Bertz CT molecular complexity index is 261. The third-order valence-corrected chi connectivity index (χ3v) is 2.22. The van der Waals surface area contributed by atoms with Crippen molar-refractivity contribution in [1.82, 2.24) is 5.73 Å². The van der Waals surface area contributed by atoms with Gasteiger partial charge in [0, 0.05) is 16.6 Å². The zero-order chi connectivity index (χ0) is 8.97. The van der Waals surface area contributed by atoms with Crippen LogP contribution >= 0.6 is 23.2 Å². The van der Waals surface area contributed by atoms with Gasteiger partial charge >= 0.3 is 0 Å². The van der Waals surface area contributed by atoms with E-state index in [-0.39, 0.29) is 0 Å². The van der Waals surface area contributed by atoms with Gasteiger partial charge < -0.3 is 0 Å². The zero-order valence-electron chi connectivity index (χ0n) is 6.61. The van der Waals surface area contributed by atoms with Crippen molar-refractivity contribution in [3.8, 4) is 0 Å². The normalized spacial score (nSPS) is 10.2. The predicted octanol–water partition coefficient (Wildman–Crippen LogP) is 3.21. The molecule has 0 aromatic heterocycles. The summed E-state index contributed by atoms with van der Waals surface area (Å²) in [4.78, 5) is 0. The van der Waals surface area contributed by atoms with Crippen LogP contribution in [0.15, 0.2) is 18.2 Å². The van der Waals surface area contributed by atoms with Crippen molar-refractivity contribution < 1.29 is 0 Å². The van der Waals surface area contributed by atoms with E-state index < -0.39 is 0 Å². The summed E-state index contributed by atoms with van der Waals surface area (Å²) in [6, 6.07) is 5.48. The fourth-order valence-electron chi connectivity index (χ4n) is 1.00. The number of hydrogen-bond acceptors (Lipinski definition) is 0. The molecule has 0 spiro atoms. The van der Waals surface area contributed by atoms with E-state index >= 15 is 0 Å². The highest BCUT2D eigenvalue weighted by Crippen LogP contribution is 2.21. The van der Waals surface area contributed by atoms with Crippen LogP contribution in [0.25, 0.3) is 0 Å². The molecule has 1 aromatic rings. The monoisotopic (exact) mass is 202 g/mol. The minimum atomic E-state index is 0.443. The smallest absolute Gasteiger partial charge is 0.0452 e. The predicted molar refractivity (Wildman–Crippen MR) is 52.7 cm³/mol. The fourth-order valence-corrected chi connectivity index (χ4v) is 1.51. The Morgan fingerprint density at radius 1 is 1.25 bits per heavy atom. The second kappa shape index (κ2) is 4.70. The van der Waals surface area contributed by atoms with E-state index in [1.807, 2.05) is 12.1 Å². The Morgan fingerprint density at radius 3 is 2.58 bits per heavy atom. The van der Waals surface area contributed by atoms with Crippen LogP contribution in [0, 0.1) is 0 Å². The molecule has 0 aliphatic carbocycles. The molecule has 3 heteroatoms. The van der Waals surface area contributed by atoms with Crippen LogP contribution in [0.3, 0.4) is 0 Å². The first-order valence-corrected chi connectivity index (χ1v) is 4.58. The van der Waals surface area contributed by atoms with Gasteiger partial charge in [-0.25, -0.2) is 0 Å². The van der Waals surface area contributed by atoms with E-state index in [2.05, 4.69) is 0 Å². The average Bonchev–Trinajstić information content (AvgIpc) is 2.03. The van der Waals surface area contributed by atoms with Gasteiger partial charge in [-0.15, -0.1) is 0 Å². The van der Waals surface area contributed by atoms with E-state index in [9.17, 15) is 0 Å². The van der Waals surface area contributed by atoms with Crippen molar-refractivity contribution in [2.75, 3.05) is 6.54 Å². The second-order valence-corrected chi connectivity index (χ2v) is 3.43. The van der Waals surface area contributed by atoms with Gasteiger partial charge in [-0.05, 0) is 30.5 Å².